The van der Waals surface area contributed by atoms with Gasteiger partial charge in [-0.05, 0) is 49.7 Å². The van der Waals surface area contributed by atoms with E-state index in [1.54, 1.807) is 18.2 Å². The van der Waals surface area contributed by atoms with Gasteiger partial charge in [0.05, 0.1) is 24.0 Å². The van der Waals surface area contributed by atoms with Crippen LogP contribution in [0, 0.1) is 5.92 Å². The van der Waals surface area contributed by atoms with Crippen molar-refractivity contribution in [2.45, 2.75) is 32.4 Å². The SMILES string of the molecule is C[C@H]1C[C@@H]1c1ccc(CN(C)Cc2nc3cc(Cl)ccc3c(=O)[nH]2)o1. The highest BCUT2D eigenvalue weighted by atomic mass is 35.5. The zero-order chi connectivity index (χ0) is 17.6. The van der Waals surface area contributed by atoms with Gasteiger partial charge < -0.3 is 9.40 Å². The van der Waals surface area contributed by atoms with Crippen molar-refractivity contribution >= 4 is 22.5 Å². The lowest BCUT2D eigenvalue weighted by molar-refractivity contribution is 0.277. The molecule has 2 aromatic heterocycles. The first-order valence-electron chi connectivity index (χ1n) is 8.45. The van der Waals surface area contributed by atoms with E-state index in [9.17, 15) is 4.79 Å². The molecule has 25 heavy (non-hydrogen) atoms. The Morgan fingerprint density at radius 2 is 2.12 bits per heavy atom. The molecule has 6 heteroatoms. The van der Waals surface area contributed by atoms with Gasteiger partial charge in [-0.2, -0.15) is 0 Å². The summed E-state index contributed by atoms with van der Waals surface area (Å²) in [4.78, 5) is 21.6. The van der Waals surface area contributed by atoms with Gasteiger partial charge in [-0.3, -0.25) is 9.69 Å². The summed E-state index contributed by atoms with van der Waals surface area (Å²) in [5, 5.41) is 1.12. The molecule has 1 saturated carbocycles. The predicted molar refractivity (Wildman–Crippen MR) is 97.8 cm³/mol. The van der Waals surface area contributed by atoms with Gasteiger partial charge in [0.15, 0.2) is 0 Å². The van der Waals surface area contributed by atoms with Crippen molar-refractivity contribution in [2.24, 2.45) is 5.92 Å². The zero-order valence-electron chi connectivity index (χ0n) is 14.3. The number of benzene rings is 1. The Morgan fingerprint density at radius 1 is 1.32 bits per heavy atom. The van der Waals surface area contributed by atoms with Gasteiger partial charge in [0, 0.05) is 10.9 Å². The van der Waals surface area contributed by atoms with Crippen LogP contribution in [0.2, 0.25) is 5.02 Å². The summed E-state index contributed by atoms with van der Waals surface area (Å²) in [6.07, 6.45) is 1.22. The molecule has 1 aliphatic rings. The van der Waals surface area contributed by atoms with Crippen LogP contribution in [0.1, 0.15) is 36.6 Å². The van der Waals surface area contributed by atoms with Crippen LogP contribution in [-0.4, -0.2) is 21.9 Å². The molecule has 5 nitrogen and oxygen atoms in total. The average molecular weight is 358 g/mol. The number of rotatable bonds is 5. The highest BCUT2D eigenvalue weighted by Crippen LogP contribution is 2.47. The van der Waals surface area contributed by atoms with Crippen molar-refractivity contribution in [3.8, 4) is 0 Å². The fourth-order valence-electron chi connectivity index (χ4n) is 3.21. The van der Waals surface area contributed by atoms with Crippen molar-refractivity contribution in [3.63, 3.8) is 0 Å². The second-order valence-corrected chi connectivity index (χ2v) is 7.41. The summed E-state index contributed by atoms with van der Waals surface area (Å²) in [5.41, 5.74) is 0.468. The topological polar surface area (TPSA) is 62.1 Å². The number of aromatic nitrogens is 2. The number of nitrogens with one attached hydrogen (secondary N) is 1. The summed E-state index contributed by atoms with van der Waals surface area (Å²) in [5.74, 6) is 3.95. The zero-order valence-corrected chi connectivity index (χ0v) is 15.0. The number of H-pyrrole nitrogens is 1. The van der Waals surface area contributed by atoms with Crippen molar-refractivity contribution in [2.75, 3.05) is 7.05 Å². The van der Waals surface area contributed by atoms with Gasteiger partial charge in [0.25, 0.3) is 5.56 Å². The molecule has 1 fully saturated rings. The van der Waals surface area contributed by atoms with E-state index in [1.807, 2.05) is 13.1 Å². The van der Waals surface area contributed by atoms with Crippen LogP contribution in [0.3, 0.4) is 0 Å². The summed E-state index contributed by atoms with van der Waals surface area (Å²) < 4.78 is 5.94. The number of nitrogens with zero attached hydrogens (tertiary/aromatic N) is 2. The maximum Gasteiger partial charge on any atom is 0.258 e. The van der Waals surface area contributed by atoms with E-state index in [-0.39, 0.29) is 5.56 Å². The van der Waals surface area contributed by atoms with Crippen LogP contribution in [0.25, 0.3) is 10.9 Å². The molecule has 0 aliphatic heterocycles. The third-order valence-electron chi connectivity index (χ3n) is 4.72. The Morgan fingerprint density at radius 3 is 2.88 bits per heavy atom. The third-order valence-corrected chi connectivity index (χ3v) is 4.96. The highest BCUT2D eigenvalue weighted by molar-refractivity contribution is 6.31. The molecule has 0 amide bonds. The molecular formula is C19H20ClN3O2. The molecule has 0 bridgehead atoms. The van der Waals surface area contributed by atoms with Crippen molar-refractivity contribution in [1.82, 2.24) is 14.9 Å². The van der Waals surface area contributed by atoms with E-state index >= 15 is 0 Å². The maximum atomic E-state index is 12.2. The van der Waals surface area contributed by atoms with Crippen molar-refractivity contribution in [1.29, 1.82) is 0 Å². The lowest BCUT2D eigenvalue weighted by atomic mass is 10.2. The summed E-state index contributed by atoms with van der Waals surface area (Å²) in [6, 6.07) is 9.22. The van der Waals surface area contributed by atoms with Gasteiger partial charge in [0.1, 0.15) is 17.3 Å². The fourth-order valence-corrected chi connectivity index (χ4v) is 3.38. The van der Waals surface area contributed by atoms with Gasteiger partial charge in [-0.25, -0.2) is 4.98 Å². The molecule has 1 N–H and O–H groups in total. The molecule has 4 rings (SSSR count). The van der Waals surface area contributed by atoms with E-state index in [0.717, 1.165) is 17.4 Å². The summed E-state index contributed by atoms with van der Waals surface area (Å²) >= 11 is 6.00. The molecule has 0 radical (unpaired) electrons. The molecule has 1 aliphatic carbocycles. The molecular weight excluding hydrogens is 338 g/mol. The smallest absolute Gasteiger partial charge is 0.258 e. The van der Waals surface area contributed by atoms with Crippen molar-refractivity contribution in [3.05, 3.63) is 63.1 Å². The average Bonchev–Trinajstić information content (AvgIpc) is 3.09. The Balaban J connectivity index is 1.48. The summed E-state index contributed by atoms with van der Waals surface area (Å²) in [7, 11) is 1.98. The first-order chi connectivity index (χ1) is 12.0. The standard InChI is InChI=1S/C19H20ClN3O2/c1-11-7-15(11)17-6-4-13(25-17)9-23(2)10-18-21-16-8-12(20)3-5-14(16)19(24)22-18/h3-6,8,11,15H,7,9-10H2,1-2H3,(H,21,22,24)/t11-,15-/m0/s1. The minimum atomic E-state index is -0.145. The minimum Gasteiger partial charge on any atom is -0.464 e. The highest BCUT2D eigenvalue weighted by Gasteiger charge is 2.36. The molecule has 0 unspecified atom stereocenters. The van der Waals surface area contributed by atoms with Crippen LogP contribution in [0.5, 0.6) is 0 Å². The first-order valence-corrected chi connectivity index (χ1v) is 8.83. The Labute approximate surface area is 150 Å². The van der Waals surface area contributed by atoms with Crippen LogP contribution >= 0.6 is 11.6 Å². The van der Waals surface area contributed by atoms with Crippen LogP contribution in [0.15, 0.2) is 39.5 Å². The lowest BCUT2D eigenvalue weighted by Gasteiger charge is -2.14. The number of fused-ring (bicyclic) bond motifs is 1. The minimum absolute atomic E-state index is 0.145. The number of aromatic amines is 1. The van der Waals surface area contributed by atoms with E-state index in [2.05, 4.69) is 27.9 Å². The van der Waals surface area contributed by atoms with Gasteiger partial charge in [-0.15, -0.1) is 0 Å². The van der Waals surface area contributed by atoms with Crippen LogP contribution < -0.4 is 5.56 Å². The normalized spacial score (nSPS) is 19.7. The molecule has 1 aromatic carbocycles. The molecule has 130 valence electrons. The monoisotopic (exact) mass is 357 g/mol. The Kier molecular flexibility index (Phi) is 4.13. The van der Waals surface area contributed by atoms with E-state index in [0.29, 0.717) is 40.8 Å². The molecule has 0 spiro atoms. The quantitative estimate of drug-likeness (QED) is 0.751. The van der Waals surface area contributed by atoms with Crippen LogP contribution in [0.4, 0.5) is 0 Å². The maximum absolute atomic E-state index is 12.2. The summed E-state index contributed by atoms with van der Waals surface area (Å²) in [6.45, 7) is 3.43. The van der Waals surface area contributed by atoms with E-state index < -0.39 is 0 Å². The van der Waals surface area contributed by atoms with Gasteiger partial charge in [0.2, 0.25) is 0 Å². The number of furan rings is 1. The van der Waals surface area contributed by atoms with Crippen LogP contribution in [-0.2, 0) is 13.1 Å². The number of hydrogen-bond acceptors (Lipinski definition) is 4. The third kappa shape index (κ3) is 3.48. The number of halogens is 1. The largest absolute Gasteiger partial charge is 0.464 e. The Bertz CT molecular complexity index is 978. The van der Waals surface area contributed by atoms with Gasteiger partial charge in [-0.1, -0.05) is 18.5 Å². The fraction of sp³-hybridized carbons (Fsp3) is 0.368. The van der Waals surface area contributed by atoms with Crippen molar-refractivity contribution < 1.29 is 4.42 Å². The van der Waals surface area contributed by atoms with E-state index in [1.165, 1.54) is 6.42 Å². The second-order valence-electron chi connectivity index (χ2n) is 6.97. The molecule has 2 atom stereocenters. The molecule has 0 saturated heterocycles. The first kappa shape index (κ1) is 16.4. The predicted octanol–water partition coefficient (Wildman–Crippen LogP) is 3.92. The Hall–Kier alpha value is -2.11. The molecule has 2 heterocycles. The molecule has 3 aromatic rings. The number of hydrogen-bond donors (Lipinski definition) is 1. The van der Waals surface area contributed by atoms with E-state index in [4.69, 9.17) is 16.0 Å². The van der Waals surface area contributed by atoms with Gasteiger partial charge >= 0.3 is 0 Å². The lowest BCUT2D eigenvalue weighted by Crippen LogP contribution is -2.21. The second kappa shape index (κ2) is 6.32.